The van der Waals surface area contributed by atoms with Gasteiger partial charge in [-0.1, -0.05) is 5.16 Å². The zero-order valence-electron chi connectivity index (χ0n) is 21.5. The summed E-state index contributed by atoms with van der Waals surface area (Å²) in [5.41, 5.74) is 6.43. The molecule has 1 aromatic carbocycles. The monoisotopic (exact) mass is 568 g/mol. The topological polar surface area (TPSA) is 209 Å². The van der Waals surface area contributed by atoms with Crippen molar-refractivity contribution in [2.45, 2.75) is 37.6 Å². The number of hydrogen-bond donors (Lipinski definition) is 6. The maximum Gasteiger partial charge on any atom is 0.425 e. The SMILES string of the molecule is CC(=NOCC(F)(F)F)c1cc(N)c(O)c2c1C[C@H]1C[C@H]3[C@@H](N(C)C)C(O)=C(C(N)=O)C(=O)[C@@]3(O)C(O)=C1C2=O. The second kappa shape index (κ2) is 9.52. The Kier molecular flexibility index (Phi) is 6.87. The van der Waals surface area contributed by atoms with Gasteiger partial charge in [-0.05, 0) is 51.4 Å². The van der Waals surface area contributed by atoms with Gasteiger partial charge in [-0.3, -0.25) is 19.3 Å². The Hall–Kier alpha value is -4.11. The second-order valence-corrected chi connectivity index (χ2v) is 10.2. The van der Waals surface area contributed by atoms with Crippen molar-refractivity contribution in [3.8, 4) is 5.75 Å². The van der Waals surface area contributed by atoms with Crippen LogP contribution in [0.1, 0.15) is 34.8 Å². The number of nitrogen functional groups attached to an aromatic ring is 1. The van der Waals surface area contributed by atoms with Crippen LogP contribution >= 0.6 is 0 Å². The highest BCUT2D eigenvalue weighted by molar-refractivity contribution is 6.25. The van der Waals surface area contributed by atoms with Crippen molar-refractivity contribution >= 4 is 28.9 Å². The summed E-state index contributed by atoms with van der Waals surface area (Å²) in [6.07, 6.45) is -4.93. The van der Waals surface area contributed by atoms with Crippen molar-refractivity contribution < 1.29 is 52.8 Å². The number of aromatic hydroxyl groups is 1. The number of likely N-dealkylation sites (N-methyl/N-ethyl adjacent to an activating group) is 1. The average Bonchev–Trinajstić information content (AvgIpc) is 2.82. The largest absolute Gasteiger partial charge is 0.510 e. The average molecular weight is 569 g/mol. The quantitative estimate of drug-likeness (QED) is 0.0976. The van der Waals surface area contributed by atoms with Crippen LogP contribution in [-0.2, 0) is 20.8 Å². The molecule has 12 nitrogen and oxygen atoms in total. The number of amides is 1. The van der Waals surface area contributed by atoms with Gasteiger partial charge in [-0.15, -0.1) is 0 Å². The molecule has 8 N–H and O–H groups in total. The van der Waals surface area contributed by atoms with Crippen molar-refractivity contribution in [3.63, 3.8) is 0 Å². The van der Waals surface area contributed by atoms with E-state index in [2.05, 4.69) is 9.99 Å². The van der Waals surface area contributed by atoms with Crippen LogP contribution in [-0.4, -0.2) is 87.0 Å². The van der Waals surface area contributed by atoms with Gasteiger partial charge < -0.3 is 36.7 Å². The smallest absolute Gasteiger partial charge is 0.425 e. The molecule has 40 heavy (non-hydrogen) atoms. The van der Waals surface area contributed by atoms with E-state index in [0.29, 0.717) is 0 Å². The molecular formula is C25H27F3N4O8. The molecule has 1 amide bonds. The molecule has 0 unspecified atom stereocenters. The lowest BCUT2D eigenvalue weighted by Gasteiger charge is -2.50. The Bertz CT molecular complexity index is 1430. The van der Waals surface area contributed by atoms with E-state index in [-0.39, 0.29) is 35.4 Å². The van der Waals surface area contributed by atoms with Crippen molar-refractivity contribution in [3.05, 3.63) is 45.4 Å². The van der Waals surface area contributed by atoms with Crippen LogP contribution in [0.25, 0.3) is 0 Å². The maximum atomic E-state index is 13.7. The second-order valence-electron chi connectivity index (χ2n) is 10.2. The van der Waals surface area contributed by atoms with E-state index >= 15 is 0 Å². The first-order valence-electron chi connectivity index (χ1n) is 12.0. The summed E-state index contributed by atoms with van der Waals surface area (Å²) in [5, 5.41) is 47.9. The maximum absolute atomic E-state index is 13.7. The molecule has 0 aliphatic heterocycles. The third-order valence-corrected chi connectivity index (χ3v) is 7.57. The number of hydrogen-bond acceptors (Lipinski definition) is 11. The lowest BCUT2D eigenvalue weighted by atomic mass is 9.58. The summed E-state index contributed by atoms with van der Waals surface area (Å²) in [6, 6.07) is 0.0366. The molecule has 0 aromatic heterocycles. The fourth-order valence-electron chi connectivity index (χ4n) is 5.91. The summed E-state index contributed by atoms with van der Waals surface area (Å²) in [6.45, 7) is -0.363. The molecule has 3 aliphatic carbocycles. The Morgan fingerprint density at radius 1 is 1.25 bits per heavy atom. The van der Waals surface area contributed by atoms with Gasteiger partial charge in [0.15, 0.2) is 11.4 Å². The highest BCUT2D eigenvalue weighted by Crippen LogP contribution is 2.53. The fourth-order valence-corrected chi connectivity index (χ4v) is 5.91. The number of nitrogens with zero attached hydrogens (tertiary/aromatic N) is 2. The van der Waals surface area contributed by atoms with Gasteiger partial charge in [0, 0.05) is 17.1 Å². The van der Waals surface area contributed by atoms with Crippen LogP contribution in [0.3, 0.4) is 0 Å². The third kappa shape index (κ3) is 4.25. The summed E-state index contributed by atoms with van der Waals surface area (Å²) in [4.78, 5) is 44.9. The van der Waals surface area contributed by atoms with Crippen molar-refractivity contribution in [1.29, 1.82) is 0 Å². The number of Topliss-reactive ketones (excluding diaryl/α,β-unsaturated/α-hetero) is 2. The molecule has 0 bridgehead atoms. The number of fused-ring (bicyclic) bond motifs is 3. The molecule has 3 aliphatic rings. The number of ketones is 2. The standard InChI is InChI=1S/C25H27F3N4O8/c1-8(31-40-7-24(26,27)28)10-6-13(29)18(33)15-11(10)4-9-5-12-17(32(2)3)20(35)16(23(30)38)22(37)25(12,39)21(36)14(9)19(15)34/h6,9,12,17,33,35-36,39H,4-5,7,29H2,1-3H3,(H2,30,38)/t9-,12-,17+,25-/m0/s1. The number of halogens is 3. The Balaban J connectivity index is 1.90. The van der Waals surface area contributed by atoms with E-state index in [1.807, 2.05) is 0 Å². The number of alkyl halides is 3. The lowest BCUT2D eigenvalue weighted by molar-refractivity contribution is -0.173. The number of nitrogens with two attached hydrogens (primary N) is 2. The van der Waals surface area contributed by atoms with Gasteiger partial charge in [-0.25, -0.2) is 0 Å². The predicted molar refractivity (Wildman–Crippen MR) is 132 cm³/mol. The Labute approximate surface area is 225 Å². The van der Waals surface area contributed by atoms with Crippen molar-refractivity contribution in [2.75, 3.05) is 26.4 Å². The van der Waals surface area contributed by atoms with E-state index in [9.17, 15) is 48.0 Å². The minimum absolute atomic E-state index is 0.0883. The lowest BCUT2D eigenvalue weighted by Crippen LogP contribution is -2.63. The minimum atomic E-state index is -4.65. The molecule has 0 fully saturated rings. The van der Waals surface area contributed by atoms with E-state index < -0.39 is 87.7 Å². The normalized spacial score (nSPS) is 27.0. The summed E-state index contributed by atoms with van der Waals surface area (Å²) in [5.74, 6) is -8.33. The Morgan fingerprint density at radius 3 is 2.42 bits per heavy atom. The van der Waals surface area contributed by atoms with Gasteiger partial charge in [0.05, 0.1) is 23.0 Å². The number of rotatable bonds is 5. The third-order valence-electron chi connectivity index (χ3n) is 7.57. The summed E-state index contributed by atoms with van der Waals surface area (Å²) < 4.78 is 37.6. The number of anilines is 1. The van der Waals surface area contributed by atoms with Crippen molar-refractivity contribution in [2.24, 2.45) is 22.7 Å². The molecule has 0 radical (unpaired) electrons. The summed E-state index contributed by atoms with van der Waals surface area (Å²) >= 11 is 0. The number of oxime groups is 1. The molecule has 0 spiro atoms. The number of aliphatic hydroxyl groups is 3. The van der Waals surface area contributed by atoms with Crippen LogP contribution in [0.4, 0.5) is 18.9 Å². The van der Waals surface area contributed by atoms with Crippen LogP contribution < -0.4 is 11.5 Å². The van der Waals surface area contributed by atoms with E-state index in [1.165, 1.54) is 32.0 Å². The molecule has 15 heteroatoms. The predicted octanol–water partition coefficient (Wildman–Crippen LogP) is 1.01. The van der Waals surface area contributed by atoms with Gasteiger partial charge in [0.1, 0.15) is 22.8 Å². The van der Waals surface area contributed by atoms with Gasteiger partial charge in [-0.2, -0.15) is 13.2 Å². The first-order chi connectivity index (χ1) is 18.4. The number of allylic oxidation sites excluding steroid dienone is 1. The summed E-state index contributed by atoms with van der Waals surface area (Å²) in [7, 11) is 2.99. The molecule has 4 rings (SSSR count). The van der Waals surface area contributed by atoms with Crippen LogP contribution in [0.2, 0.25) is 0 Å². The molecule has 4 atom stereocenters. The fraction of sp³-hybridized carbons (Fsp3) is 0.440. The number of carbonyl (C=O) groups is 3. The highest BCUT2D eigenvalue weighted by atomic mass is 19.4. The van der Waals surface area contributed by atoms with Crippen LogP contribution in [0.5, 0.6) is 5.75 Å². The number of benzene rings is 1. The van der Waals surface area contributed by atoms with E-state index in [1.54, 1.807) is 0 Å². The minimum Gasteiger partial charge on any atom is -0.510 e. The van der Waals surface area contributed by atoms with Crippen LogP contribution in [0.15, 0.2) is 33.9 Å². The first-order valence-corrected chi connectivity index (χ1v) is 12.0. The first kappa shape index (κ1) is 28.9. The number of carbonyl (C=O) groups excluding carboxylic acids is 3. The van der Waals surface area contributed by atoms with Gasteiger partial charge >= 0.3 is 6.18 Å². The Morgan fingerprint density at radius 2 is 1.88 bits per heavy atom. The molecule has 0 saturated carbocycles. The molecule has 1 aromatic rings. The zero-order chi connectivity index (χ0) is 30.1. The van der Waals surface area contributed by atoms with Crippen LogP contribution in [0, 0.1) is 11.8 Å². The molecule has 0 saturated heterocycles. The zero-order valence-corrected chi connectivity index (χ0v) is 21.5. The molecule has 0 heterocycles. The van der Waals surface area contributed by atoms with E-state index in [4.69, 9.17) is 11.5 Å². The molecular weight excluding hydrogens is 541 g/mol. The van der Waals surface area contributed by atoms with Crippen molar-refractivity contribution in [1.82, 2.24) is 4.90 Å². The number of aliphatic hydroxyl groups excluding tert-OH is 2. The highest BCUT2D eigenvalue weighted by Gasteiger charge is 2.63. The van der Waals surface area contributed by atoms with Gasteiger partial charge in [0.2, 0.25) is 12.4 Å². The van der Waals surface area contributed by atoms with Gasteiger partial charge in [0.25, 0.3) is 5.91 Å². The van der Waals surface area contributed by atoms with E-state index in [0.717, 1.165) is 0 Å². The number of phenols is 1. The number of primary amides is 1. The number of phenolic OH excluding ortho intramolecular Hbond substituents is 1. The molecule has 216 valence electrons.